The van der Waals surface area contributed by atoms with E-state index in [4.69, 9.17) is 9.47 Å². The topological polar surface area (TPSA) is 59.1 Å². The summed E-state index contributed by atoms with van der Waals surface area (Å²) in [6, 6.07) is 7.32. The van der Waals surface area contributed by atoms with E-state index in [1.54, 1.807) is 17.9 Å². The van der Waals surface area contributed by atoms with Gasteiger partial charge in [0, 0.05) is 6.54 Å². The molecule has 2 amide bonds. The average Bonchev–Trinajstić information content (AvgIpc) is 2.54. The molecule has 3 rings (SSSR count). The monoisotopic (exact) mass is 318 g/mol. The van der Waals surface area contributed by atoms with Crippen molar-refractivity contribution in [1.29, 1.82) is 0 Å². The highest BCUT2D eigenvalue weighted by molar-refractivity contribution is 6.03. The van der Waals surface area contributed by atoms with E-state index < -0.39 is 6.10 Å². The van der Waals surface area contributed by atoms with Crippen LogP contribution in [0.3, 0.4) is 0 Å². The molecule has 0 bridgehead atoms. The van der Waals surface area contributed by atoms with Crippen LogP contribution >= 0.6 is 0 Å². The quantitative estimate of drug-likeness (QED) is 0.828. The number of hydrogen-bond donors (Lipinski definition) is 0. The molecule has 2 heterocycles. The second kappa shape index (κ2) is 6.20. The third-order valence-electron chi connectivity index (χ3n) is 4.30. The summed E-state index contributed by atoms with van der Waals surface area (Å²) in [4.78, 5) is 28.5. The number of morpholine rings is 1. The van der Waals surface area contributed by atoms with Crippen molar-refractivity contribution in [2.45, 2.75) is 39.0 Å². The van der Waals surface area contributed by atoms with Gasteiger partial charge in [-0.05, 0) is 32.9 Å². The van der Waals surface area contributed by atoms with Crippen LogP contribution in [0.4, 0.5) is 5.69 Å². The first-order valence-corrected chi connectivity index (χ1v) is 7.95. The molecule has 6 nitrogen and oxygen atoms in total. The summed E-state index contributed by atoms with van der Waals surface area (Å²) in [5.41, 5.74) is 0.651. The normalized spacial score (nSPS) is 27.4. The minimum Gasteiger partial charge on any atom is -0.479 e. The van der Waals surface area contributed by atoms with Crippen molar-refractivity contribution >= 4 is 17.5 Å². The number of anilines is 1. The molecule has 23 heavy (non-hydrogen) atoms. The summed E-state index contributed by atoms with van der Waals surface area (Å²) in [6.45, 7) is 6.72. The molecule has 0 aromatic heterocycles. The Morgan fingerprint density at radius 3 is 2.78 bits per heavy atom. The van der Waals surface area contributed by atoms with E-state index in [1.165, 1.54) is 4.90 Å². The number of fused-ring (bicyclic) bond motifs is 1. The average molecular weight is 318 g/mol. The minimum absolute atomic E-state index is 0.0155. The zero-order valence-corrected chi connectivity index (χ0v) is 13.7. The standard InChI is InChI=1S/C17H22N2O4/c1-11-10-22-12(2)8-18(11)16(20)9-19-14-6-4-5-7-15(14)23-13(3)17(19)21/h4-7,11-13H,8-10H2,1-3H3/t11-,12+,13+/m0/s1. The molecular weight excluding hydrogens is 296 g/mol. The molecule has 0 unspecified atom stereocenters. The number of carbonyl (C=O) groups excluding carboxylic acids is 2. The number of nitrogens with zero attached hydrogens (tertiary/aromatic N) is 2. The van der Waals surface area contributed by atoms with Crippen molar-refractivity contribution in [1.82, 2.24) is 4.90 Å². The maximum absolute atomic E-state index is 12.7. The lowest BCUT2D eigenvalue weighted by molar-refractivity contribution is -0.143. The van der Waals surface area contributed by atoms with Crippen molar-refractivity contribution in [3.05, 3.63) is 24.3 Å². The van der Waals surface area contributed by atoms with Gasteiger partial charge in [-0.15, -0.1) is 0 Å². The van der Waals surface area contributed by atoms with Gasteiger partial charge >= 0.3 is 0 Å². The highest BCUT2D eigenvalue weighted by Gasteiger charge is 2.35. The lowest BCUT2D eigenvalue weighted by Gasteiger charge is -2.39. The van der Waals surface area contributed by atoms with E-state index in [0.29, 0.717) is 24.6 Å². The Hall–Kier alpha value is -2.08. The lowest BCUT2D eigenvalue weighted by atomic mass is 10.1. The molecule has 0 N–H and O–H groups in total. The first-order chi connectivity index (χ1) is 11.0. The van der Waals surface area contributed by atoms with Crippen molar-refractivity contribution in [3.8, 4) is 5.75 Å². The molecule has 3 atom stereocenters. The zero-order chi connectivity index (χ0) is 16.6. The summed E-state index contributed by atoms with van der Waals surface area (Å²) in [6.07, 6.45) is -0.569. The van der Waals surface area contributed by atoms with Crippen LogP contribution in [-0.4, -0.2) is 54.7 Å². The van der Waals surface area contributed by atoms with Crippen molar-refractivity contribution < 1.29 is 19.1 Å². The van der Waals surface area contributed by atoms with E-state index in [9.17, 15) is 9.59 Å². The number of rotatable bonds is 2. The first kappa shape index (κ1) is 15.8. The van der Waals surface area contributed by atoms with Gasteiger partial charge in [-0.25, -0.2) is 0 Å². The summed E-state index contributed by atoms with van der Waals surface area (Å²) >= 11 is 0. The molecule has 0 aliphatic carbocycles. The number of amides is 2. The molecule has 6 heteroatoms. The van der Waals surface area contributed by atoms with Gasteiger partial charge in [-0.2, -0.15) is 0 Å². The van der Waals surface area contributed by atoms with Gasteiger partial charge in [0.1, 0.15) is 12.3 Å². The summed E-state index contributed by atoms with van der Waals surface area (Å²) in [5, 5.41) is 0. The predicted octanol–water partition coefficient (Wildman–Crippen LogP) is 1.44. The van der Waals surface area contributed by atoms with Crippen LogP contribution in [-0.2, 0) is 14.3 Å². The smallest absolute Gasteiger partial charge is 0.268 e. The van der Waals surface area contributed by atoms with Crippen LogP contribution < -0.4 is 9.64 Å². The van der Waals surface area contributed by atoms with Crippen molar-refractivity contribution in [2.75, 3.05) is 24.6 Å². The van der Waals surface area contributed by atoms with Crippen molar-refractivity contribution in [2.24, 2.45) is 0 Å². The van der Waals surface area contributed by atoms with Crippen molar-refractivity contribution in [3.63, 3.8) is 0 Å². The van der Waals surface area contributed by atoms with Gasteiger partial charge in [0.15, 0.2) is 6.10 Å². The SMILES string of the molecule is C[C@@H]1CN(C(=O)CN2C(=O)[C@@H](C)Oc3ccccc32)[C@@H](C)CO1. The number of carbonyl (C=O) groups is 2. The Kier molecular flexibility index (Phi) is 4.26. The molecule has 2 aliphatic rings. The summed E-state index contributed by atoms with van der Waals surface area (Å²) in [7, 11) is 0. The van der Waals surface area contributed by atoms with Gasteiger partial charge < -0.3 is 14.4 Å². The fourth-order valence-corrected chi connectivity index (χ4v) is 3.00. The Morgan fingerprint density at radius 2 is 2.00 bits per heavy atom. The summed E-state index contributed by atoms with van der Waals surface area (Å²) in [5.74, 6) is 0.381. The van der Waals surface area contributed by atoms with E-state index in [0.717, 1.165) is 0 Å². The summed E-state index contributed by atoms with van der Waals surface area (Å²) < 4.78 is 11.2. The molecule has 0 saturated carbocycles. The van der Waals surface area contributed by atoms with Gasteiger partial charge in [0.05, 0.1) is 24.4 Å². The van der Waals surface area contributed by atoms with Crippen LogP contribution in [0.1, 0.15) is 20.8 Å². The third-order valence-corrected chi connectivity index (χ3v) is 4.30. The Balaban J connectivity index is 1.81. The molecule has 1 saturated heterocycles. The fraction of sp³-hybridized carbons (Fsp3) is 0.529. The highest BCUT2D eigenvalue weighted by atomic mass is 16.5. The molecular formula is C17H22N2O4. The van der Waals surface area contributed by atoms with Gasteiger partial charge in [0.25, 0.3) is 5.91 Å². The number of hydrogen-bond acceptors (Lipinski definition) is 4. The molecule has 1 fully saturated rings. The fourth-order valence-electron chi connectivity index (χ4n) is 3.00. The number of benzene rings is 1. The van der Waals surface area contributed by atoms with Crippen LogP contribution in [0.15, 0.2) is 24.3 Å². The number of para-hydroxylation sites is 2. The van der Waals surface area contributed by atoms with E-state index in [2.05, 4.69) is 0 Å². The van der Waals surface area contributed by atoms with E-state index in [-0.39, 0.29) is 30.5 Å². The van der Waals surface area contributed by atoms with E-state index >= 15 is 0 Å². The zero-order valence-electron chi connectivity index (χ0n) is 13.7. The molecule has 0 spiro atoms. The van der Waals surface area contributed by atoms with E-state index in [1.807, 2.05) is 32.0 Å². The van der Waals surface area contributed by atoms with Crippen LogP contribution in [0, 0.1) is 0 Å². The maximum atomic E-state index is 12.7. The Morgan fingerprint density at radius 1 is 1.26 bits per heavy atom. The minimum atomic E-state index is -0.585. The molecule has 1 aromatic carbocycles. The molecule has 124 valence electrons. The number of ether oxygens (including phenoxy) is 2. The van der Waals surface area contributed by atoms with Gasteiger partial charge in [-0.3, -0.25) is 14.5 Å². The van der Waals surface area contributed by atoms with Crippen LogP contribution in [0.5, 0.6) is 5.75 Å². The largest absolute Gasteiger partial charge is 0.479 e. The van der Waals surface area contributed by atoms with Gasteiger partial charge in [-0.1, -0.05) is 12.1 Å². The second-order valence-electron chi connectivity index (χ2n) is 6.19. The highest BCUT2D eigenvalue weighted by Crippen LogP contribution is 2.33. The third kappa shape index (κ3) is 3.03. The molecule has 1 aromatic rings. The second-order valence-corrected chi connectivity index (χ2v) is 6.19. The Labute approximate surface area is 136 Å². The lowest BCUT2D eigenvalue weighted by Crippen LogP contribution is -2.55. The maximum Gasteiger partial charge on any atom is 0.268 e. The van der Waals surface area contributed by atoms with Crippen LogP contribution in [0.25, 0.3) is 0 Å². The first-order valence-electron chi connectivity index (χ1n) is 7.95. The van der Waals surface area contributed by atoms with Crippen LogP contribution in [0.2, 0.25) is 0 Å². The van der Waals surface area contributed by atoms with Gasteiger partial charge in [0.2, 0.25) is 5.91 Å². The molecule has 0 radical (unpaired) electrons. The Bertz CT molecular complexity index is 618. The predicted molar refractivity (Wildman–Crippen MR) is 85.5 cm³/mol. The molecule has 2 aliphatic heterocycles.